The van der Waals surface area contributed by atoms with E-state index >= 15 is 0 Å². The van der Waals surface area contributed by atoms with Gasteiger partial charge < -0.3 is 4.74 Å². The normalized spacial score (nSPS) is 11.7. The fourth-order valence-corrected chi connectivity index (χ4v) is 4.20. The van der Waals surface area contributed by atoms with Crippen LogP contribution in [0, 0.1) is 12.8 Å². The minimum Gasteiger partial charge on any atom is -0.493 e. The summed E-state index contributed by atoms with van der Waals surface area (Å²) in [5, 5.41) is 5.14. The van der Waals surface area contributed by atoms with Crippen LogP contribution in [0.5, 0.6) is 5.75 Å². The third-order valence-corrected chi connectivity index (χ3v) is 6.16. The van der Waals surface area contributed by atoms with Gasteiger partial charge in [-0.2, -0.15) is 5.10 Å². The minimum absolute atomic E-state index is 0.264. The van der Waals surface area contributed by atoms with E-state index in [4.69, 9.17) is 9.72 Å². The Morgan fingerprint density at radius 3 is 2.55 bits per heavy atom. The molecule has 0 bridgehead atoms. The van der Waals surface area contributed by atoms with Gasteiger partial charge in [-0.1, -0.05) is 32.0 Å². The topological polar surface area (TPSA) is 63.6 Å². The van der Waals surface area contributed by atoms with E-state index in [2.05, 4.69) is 37.4 Å². The van der Waals surface area contributed by atoms with E-state index in [1.165, 1.54) is 4.88 Å². The number of amides is 1. The number of aryl methyl sites for hydroxylation is 1. The largest absolute Gasteiger partial charge is 0.493 e. The Morgan fingerprint density at radius 1 is 1.09 bits per heavy atom. The first-order chi connectivity index (χ1) is 15.9. The summed E-state index contributed by atoms with van der Waals surface area (Å²) in [5.41, 5.74) is 6.47. The molecule has 0 unspecified atom stereocenters. The number of nitrogens with one attached hydrogen (secondary N) is 1. The Morgan fingerprint density at radius 2 is 1.85 bits per heavy atom. The number of aromatic nitrogens is 1. The molecule has 6 heteroatoms. The predicted molar refractivity (Wildman–Crippen MR) is 136 cm³/mol. The standard InChI is InChI=1S/C27H27N3O2S/c1-17(2)16-32-21-12-10-20(11-13-21)19(4)29-30-27(31)23-15-25(26-14-9-18(3)33-26)28-24-8-6-5-7-22(23)24/h5-15,17H,16H2,1-4H3,(H,30,31). The number of hydrazone groups is 1. The lowest BCUT2D eigenvalue weighted by Crippen LogP contribution is -2.20. The quantitative estimate of drug-likeness (QED) is 0.256. The van der Waals surface area contributed by atoms with Crippen LogP contribution in [0.2, 0.25) is 0 Å². The minimum atomic E-state index is -0.264. The Labute approximate surface area is 198 Å². The summed E-state index contributed by atoms with van der Waals surface area (Å²) in [6, 6.07) is 21.3. The van der Waals surface area contributed by atoms with E-state index in [-0.39, 0.29) is 5.91 Å². The zero-order valence-corrected chi connectivity index (χ0v) is 20.1. The molecular formula is C27H27N3O2S. The van der Waals surface area contributed by atoms with Crippen molar-refractivity contribution >= 4 is 33.9 Å². The number of hydrogen-bond acceptors (Lipinski definition) is 5. The van der Waals surface area contributed by atoms with Crippen LogP contribution in [0.4, 0.5) is 0 Å². The molecule has 4 rings (SSSR count). The summed E-state index contributed by atoms with van der Waals surface area (Å²) < 4.78 is 5.73. The fraction of sp³-hybridized carbons (Fsp3) is 0.222. The van der Waals surface area contributed by atoms with Crippen LogP contribution in [0.3, 0.4) is 0 Å². The summed E-state index contributed by atoms with van der Waals surface area (Å²) in [5.74, 6) is 1.03. The number of hydrogen-bond donors (Lipinski definition) is 1. The average Bonchev–Trinajstić information content (AvgIpc) is 3.26. The molecule has 0 aliphatic carbocycles. The first kappa shape index (κ1) is 22.7. The van der Waals surface area contributed by atoms with Gasteiger partial charge in [0.2, 0.25) is 0 Å². The first-order valence-electron chi connectivity index (χ1n) is 10.9. The van der Waals surface area contributed by atoms with Crippen molar-refractivity contribution in [2.75, 3.05) is 6.61 Å². The van der Waals surface area contributed by atoms with Crippen molar-refractivity contribution in [1.29, 1.82) is 0 Å². The van der Waals surface area contributed by atoms with Crippen molar-refractivity contribution < 1.29 is 9.53 Å². The number of fused-ring (bicyclic) bond motifs is 1. The molecule has 0 fully saturated rings. The number of ether oxygens (including phenoxy) is 1. The van der Waals surface area contributed by atoms with Gasteiger partial charge in [0.25, 0.3) is 5.91 Å². The molecule has 1 amide bonds. The third-order valence-electron chi connectivity index (χ3n) is 5.13. The van der Waals surface area contributed by atoms with Crippen molar-refractivity contribution in [3.63, 3.8) is 0 Å². The van der Waals surface area contributed by atoms with Gasteiger partial charge in [0.1, 0.15) is 5.75 Å². The highest BCUT2D eigenvalue weighted by Gasteiger charge is 2.14. The molecule has 2 aromatic heterocycles. The van der Waals surface area contributed by atoms with Gasteiger partial charge in [-0.15, -0.1) is 11.3 Å². The van der Waals surface area contributed by atoms with Crippen LogP contribution in [-0.4, -0.2) is 23.2 Å². The molecule has 1 N–H and O–H groups in total. The van der Waals surface area contributed by atoms with Gasteiger partial charge in [-0.25, -0.2) is 10.4 Å². The molecule has 0 aliphatic rings. The van der Waals surface area contributed by atoms with Gasteiger partial charge in [-0.05, 0) is 73.9 Å². The number of nitrogens with zero attached hydrogens (tertiary/aromatic N) is 2. The van der Waals surface area contributed by atoms with E-state index in [1.807, 2.05) is 67.6 Å². The highest BCUT2D eigenvalue weighted by molar-refractivity contribution is 7.15. The molecule has 0 aliphatic heterocycles. The van der Waals surface area contributed by atoms with E-state index in [1.54, 1.807) is 11.3 Å². The molecule has 33 heavy (non-hydrogen) atoms. The Kier molecular flexibility index (Phi) is 6.84. The summed E-state index contributed by atoms with van der Waals surface area (Å²) >= 11 is 1.66. The number of thiophene rings is 1. The molecule has 2 aromatic carbocycles. The molecular weight excluding hydrogens is 430 g/mol. The molecule has 168 valence electrons. The molecule has 4 aromatic rings. The van der Waals surface area contributed by atoms with Crippen molar-refractivity contribution in [3.05, 3.63) is 82.7 Å². The monoisotopic (exact) mass is 457 g/mol. The van der Waals surface area contributed by atoms with Crippen molar-refractivity contribution in [1.82, 2.24) is 10.4 Å². The Balaban J connectivity index is 1.56. The van der Waals surface area contributed by atoms with Gasteiger partial charge in [0.15, 0.2) is 0 Å². The highest BCUT2D eigenvalue weighted by Crippen LogP contribution is 2.29. The van der Waals surface area contributed by atoms with Gasteiger partial charge in [0.05, 0.1) is 34.0 Å². The molecule has 0 spiro atoms. The number of carbonyl (C=O) groups excluding carboxylic acids is 1. The lowest BCUT2D eigenvalue weighted by Gasteiger charge is -2.10. The molecule has 0 radical (unpaired) electrons. The Hall–Kier alpha value is -3.51. The third kappa shape index (κ3) is 5.46. The summed E-state index contributed by atoms with van der Waals surface area (Å²) in [4.78, 5) is 20.1. The first-order valence-corrected chi connectivity index (χ1v) is 11.8. The molecule has 2 heterocycles. The number of rotatable bonds is 7. The molecule has 0 saturated carbocycles. The van der Waals surface area contributed by atoms with Crippen LogP contribution < -0.4 is 10.2 Å². The summed E-state index contributed by atoms with van der Waals surface area (Å²) in [6.45, 7) is 8.84. The van der Waals surface area contributed by atoms with Crippen molar-refractivity contribution in [2.45, 2.75) is 27.7 Å². The van der Waals surface area contributed by atoms with Crippen LogP contribution in [0.25, 0.3) is 21.5 Å². The van der Waals surface area contributed by atoms with Crippen molar-refractivity contribution in [2.24, 2.45) is 11.0 Å². The number of benzene rings is 2. The predicted octanol–water partition coefficient (Wildman–Crippen LogP) is 6.46. The van der Waals surface area contributed by atoms with E-state index in [0.717, 1.165) is 32.8 Å². The highest BCUT2D eigenvalue weighted by atomic mass is 32.1. The second-order valence-electron chi connectivity index (χ2n) is 8.35. The molecule has 0 atom stereocenters. The fourth-order valence-electron chi connectivity index (χ4n) is 3.38. The second kappa shape index (κ2) is 9.96. The number of carbonyl (C=O) groups is 1. The van der Waals surface area contributed by atoms with Crippen LogP contribution >= 0.6 is 11.3 Å². The maximum Gasteiger partial charge on any atom is 0.272 e. The lowest BCUT2D eigenvalue weighted by atomic mass is 10.1. The molecule has 0 saturated heterocycles. The van der Waals surface area contributed by atoms with Gasteiger partial charge >= 0.3 is 0 Å². The van der Waals surface area contributed by atoms with Crippen LogP contribution in [0.15, 0.2) is 71.8 Å². The van der Waals surface area contributed by atoms with Crippen LogP contribution in [-0.2, 0) is 0 Å². The SMILES string of the molecule is CC(=NNC(=O)c1cc(-c2ccc(C)s2)nc2ccccc12)c1ccc(OCC(C)C)cc1. The number of para-hydroxylation sites is 1. The molecule has 5 nitrogen and oxygen atoms in total. The zero-order chi connectivity index (χ0) is 23.4. The lowest BCUT2D eigenvalue weighted by molar-refractivity contribution is 0.0956. The average molecular weight is 458 g/mol. The second-order valence-corrected chi connectivity index (χ2v) is 9.64. The van der Waals surface area contributed by atoms with Gasteiger partial charge in [-0.3, -0.25) is 4.79 Å². The maximum atomic E-state index is 13.1. The maximum absolute atomic E-state index is 13.1. The van der Waals surface area contributed by atoms with Crippen molar-refractivity contribution in [3.8, 4) is 16.3 Å². The summed E-state index contributed by atoms with van der Waals surface area (Å²) in [6.07, 6.45) is 0. The van der Waals surface area contributed by atoms with E-state index in [9.17, 15) is 4.79 Å². The smallest absolute Gasteiger partial charge is 0.272 e. The van der Waals surface area contributed by atoms with Crippen LogP contribution in [0.1, 0.15) is 41.6 Å². The summed E-state index contributed by atoms with van der Waals surface area (Å²) in [7, 11) is 0. The number of pyridine rings is 1. The van der Waals surface area contributed by atoms with E-state index < -0.39 is 0 Å². The Bertz CT molecular complexity index is 1310. The van der Waals surface area contributed by atoms with Gasteiger partial charge in [0, 0.05) is 10.3 Å². The zero-order valence-electron chi connectivity index (χ0n) is 19.3. The van der Waals surface area contributed by atoms with E-state index in [0.29, 0.717) is 23.8 Å².